The number of nitrogens with zero attached hydrogens (tertiary/aromatic N) is 3. The molecule has 0 saturated carbocycles. The minimum atomic E-state index is -0.348. The first-order valence-electron chi connectivity index (χ1n) is 11.1. The molecule has 33 heavy (non-hydrogen) atoms. The lowest BCUT2D eigenvalue weighted by Gasteiger charge is -2.43. The Bertz CT molecular complexity index is 1260. The molecule has 0 radical (unpaired) electrons. The van der Waals surface area contributed by atoms with E-state index in [0.717, 1.165) is 52.4 Å². The summed E-state index contributed by atoms with van der Waals surface area (Å²) >= 11 is 0.928. The van der Waals surface area contributed by atoms with Crippen LogP contribution in [-0.2, 0) is 4.79 Å². The van der Waals surface area contributed by atoms with Gasteiger partial charge in [-0.05, 0) is 85.8 Å². The Morgan fingerprint density at radius 2 is 1.76 bits per heavy atom. The normalized spacial score (nSPS) is 22.9. The van der Waals surface area contributed by atoms with Crippen molar-refractivity contribution in [2.45, 2.75) is 25.9 Å². The van der Waals surface area contributed by atoms with Crippen molar-refractivity contribution in [3.63, 3.8) is 0 Å². The summed E-state index contributed by atoms with van der Waals surface area (Å²) < 4.78 is 0. The highest BCUT2D eigenvalue weighted by molar-refractivity contribution is 8.18. The second-order valence-corrected chi connectivity index (χ2v) is 9.82. The number of hydrogen-bond donors (Lipinski definition) is 1. The van der Waals surface area contributed by atoms with Crippen molar-refractivity contribution >= 4 is 45.6 Å². The Kier molecular flexibility index (Phi) is 5.68. The maximum absolute atomic E-state index is 11.9. The number of rotatable bonds is 3. The third-order valence-electron chi connectivity index (χ3n) is 6.61. The number of benzene rings is 2. The molecule has 1 N–H and O–H groups in total. The highest BCUT2D eigenvalue weighted by Gasteiger charge is 2.27. The van der Waals surface area contributed by atoms with Crippen LogP contribution in [0.3, 0.4) is 0 Å². The van der Waals surface area contributed by atoms with Gasteiger partial charge in [-0.25, -0.2) is 0 Å². The van der Waals surface area contributed by atoms with E-state index in [1.807, 2.05) is 30.5 Å². The fourth-order valence-electron chi connectivity index (χ4n) is 4.54. The fourth-order valence-corrected chi connectivity index (χ4v) is 5.23. The van der Waals surface area contributed by atoms with E-state index in [4.69, 9.17) is 0 Å². The Hall–Kier alpha value is -3.16. The lowest BCUT2D eigenvalue weighted by Crippen LogP contribution is -2.55. The van der Waals surface area contributed by atoms with Gasteiger partial charge in [-0.3, -0.25) is 24.8 Å². The highest BCUT2D eigenvalue weighted by Crippen LogP contribution is 2.32. The van der Waals surface area contributed by atoms with E-state index < -0.39 is 0 Å². The Morgan fingerprint density at radius 1 is 1.03 bits per heavy atom. The monoisotopic (exact) mass is 458 g/mol. The molecule has 5 rings (SSSR count). The molecule has 0 unspecified atom stereocenters. The number of amides is 2. The van der Waals surface area contributed by atoms with Crippen LogP contribution in [0.15, 0.2) is 59.6 Å². The number of hydrogen-bond acceptors (Lipinski definition) is 6. The van der Waals surface area contributed by atoms with Crippen LogP contribution < -0.4 is 10.2 Å². The third kappa shape index (κ3) is 4.26. The zero-order chi connectivity index (χ0) is 23.1. The minimum absolute atomic E-state index is 0.335. The number of imide groups is 1. The quantitative estimate of drug-likeness (QED) is 0.571. The number of likely N-dealkylation sites (N-methyl/N-ethyl adjacent to an activating group) is 1. The Balaban J connectivity index is 1.46. The van der Waals surface area contributed by atoms with Crippen LogP contribution in [0.5, 0.6) is 0 Å². The van der Waals surface area contributed by atoms with Gasteiger partial charge in [0.05, 0.1) is 10.4 Å². The maximum atomic E-state index is 11.9. The van der Waals surface area contributed by atoms with E-state index in [1.54, 1.807) is 6.08 Å². The van der Waals surface area contributed by atoms with Gasteiger partial charge in [0.2, 0.25) is 0 Å². The zero-order valence-corrected chi connectivity index (χ0v) is 19.7. The summed E-state index contributed by atoms with van der Waals surface area (Å²) in [5, 5.41) is 2.98. The number of carbonyl (C=O) groups excluding carboxylic acids is 2. The van der Waals surface area contributed by atoms with Crippen LogP contribution in [0.25, 0.3) is 28.1 Å². The summed E-state index contributed by atoms with van der Waals surface area (Å²) in [4.78, 5) is 33.2. The number of fused-ring (bicyclic) bond motifs is 1. The maximum Gasteiger partial charge on any atom is 0.290 e. The number of piperazine rings is 1. The van der Waals surface area contributed by atoms with Crippen LogP contribution in [0, 0.1) is 0 Å². The second kappa shape index (κ2) is 8.65. The Labute approximate surface area is 197 Å². The van der Waals surface area contributed by atoms with Crippen LogP contribution in [0.2, 0.25) is 0 Å². The molecule has 3 aromatic rings. The summed E-state index contributed by atoms with van der Waals surface area (Å²) in [7, 11) is 2.20. The highest BCUT2D eigenvalue weighted by atomic mass is 32.2. The predicted octanol–water partition coefficient (Wildman–Crippen LogP) is 4.75. The van der Waals surface area contributed by atoms with E-state index in [-0.39, 0.29) is 11.1 Å². The minimum Gasteiger partial charge on any atom is -0.368 e. The van der Waals surface area contributed by atoms with Crippen molar-refractivity contribution in [3.05, 3.63) is 65.2 Å². The summed E-state index contributed by atoms with van der Waals surface area (Å²) in [5.41, 5.74) is 5.20. The van der Waals surface area contributed by atoms with Gasteiger partial charge < -0.3 is 4.90 Å². The van der Waals surface area contributed by atoms with E-state index in [9.17, 15) is 9.59 Å². The first-order valence-corrected chi connectivity index (χ1v) is 11.9. The lowest BCUT2D eigenvalue weighted by molar-refractivity contribution is -0.115. The van der Waals surface area contributed by atoms with Gasteiger partial charge in [0.1, 0.15) is 0 Å². The molecule has 3 heterocycles. The molecule has 2 aliphatic heterocycles. The standard InChI is InChI=1S/C26H26N4O2S/c1-16-14-30(15-17(2)29(16)3)20-7-5-19(6-8-20)21-10-11-27-23-9-4-18(12-22(21)23)13-24-25(31)28-26(32)33-24/h4-13,16-17H,14-15H2,1-3H3,(H,28,31,32)/t16-,17+. The van der Waals surface area contributed by atoms with E-state index in [0.29, 0.717) is 17.0 Å². The van der Waals surface area contributed by atoms with Gasteiger partial charge in [-0.2, -0.15) is 0 Å². The van der Waals surface area contributed by atoms with E-state index >= 15 is 0 Å². The molecule has 0 aliphatic carbocycles. The summed E-state index contributed by atoms with van der Waals surface area (Å²) in [5.74, 6) is -0.348. The molecule has 6 nitrogen and oxygen atoms in total. The van der Waals surface area contributed by atoms with Gasteiger partial charge in [0, 0.05) is 42.4 Å². The largest absolute Gasteiger partial charge is 0.368 e. The van der Waals surface area contributed by atoms with Gasteiger partial charge in [0.25, 0.3) is 11.1 Å². The van der Waals surface area contributed by atoms with Crippen LogP contribution in [0.1, 0.15) is 19.4 Å². The van der Waals surface area contributed by atoms with Crippen molar-refractivity contribution in [1.82, 2.24) is 15.2 Å². The van der Waals surface area contributed by atoms with Gasteiger partial charge in [0.15, 0.2) is 0 Å². The summed E-state index contributed by atoms with van der Waals surface area (Å²) in [6.45, 7) is 6.59. The number of pyridine rings is 1. The fraction of sp³-hybridized carbons (Fsp3) is 0.269. The molecule has 2 aromatic carbocycles. The molecule has 2 saturated heterocycles. The van der Waals surface area contributed by atoms with Crippen molar-refractivity contribution in [1.29, 1.82) is 0 Å². The molecule has 0 bridgehead atoms. The number of carbonyl (C=O) groups is 2. The van der Waals surface area contributed by atoms with Crippen molar-refractivity contribution in [3.8, 4) is 11.1 Å². The number of nitrogens with one attached hydrogen (secondary N) is 1. The van der Waals surface area contributed by atoms with Crippen LogP contribution >= 0.6 is 11.8 Å². The smallest absolute Gasteiger partial charge is 0.290 e. The second-order valence-electron chi connectivity index (χ2n) is 8.80. The zero-order valence-electron chi connectivity index (χ0n) is 18.9. The summed E-state index contributed by atoms with van der Waals surface area (Å²) in [6, 6.07) is 17.7. The van der Waals surface area contributed by atoms with Crippen LogP contribution in [0.4, 0.5) is 10.5 Å². The molecule has 0 spiro atoms. The molecular weight excluding hydrogens is 432 g/mol. The molecule has 1 aromatic heterocycles. The van der Waals surface area contributed by atoms with Gasteiger partial charge >= 0.3 is 0 Å². The van der Waals surface area contributed by atoms with Crippen molar-refractivity contribution < 1.29 is 9.59 Å². The number of aromatic nitrogens is 1. The molecule has 168 valence electrons. The average Bonchev–Trinajstić information content (AvgIpc) is 3.13. The average molecular weight is 459 g/mol. The van der Waals surface area contributed by atoms with Gasteiger partial charge in [-0.1, -0.05) is 18.2 Å². The Morgan fingerprint density at radius 3 is 2.42 bits per heavy atom. The molecule has 2 amide bonds. The van der Waals surface area contributed by atoms with Crippen molar-refractivity contribution in [2.24, 2.45) is 0 Å². The summed E-state index contributed by atoms with van der Waals surface area (Å²) in [6.07, 6.45) is 3.58. The molecule has 2 atom stereocenters. The third-order valence-corrected chi connectivity index (χ3v) is 7.42. The van der Waals surface area contributed by atoms with E-state index in [2.05, 4.69) is 65.3 Å². The number of thioether (sulfide) groups is 1. The molecule has 2 fully saturated rings. The van der Waals surface area contributed by atoms with E-state index in [1.165, 1.54) is 5.69 Å². The number of anilines is 1. The first kappa shape index (κ1) is 21.7. The van der Waals surface area contributed by atoms with Gasteiger partial charge in [-0.15, -0.1) is 0 Å². The predicted molar refractivity (Wildman–Crippen MR) is 135 cm³/mol. The molecule has 2 aliphatic rings. The van der Waals surface area contributed by atoms with Crippen LogP contribution in [-0.4, -0.2) is 53.3 Å². The lowest BCUT2D eigenvalue weighted by atomic mass is 9.99. The molecular formula is C26H26N4O2S. The first-order chi connectivity index (χ1) is 15.9. The molecule has 7 heteroatoms. The topological polar surface area (TPSA) is 65.5 Å². The SMILES string of the molecule is C[C@@H]1CN(c2ccc(-c3ccnc4ccc(C=C5SC(=O)NC5=O)cc34)cc2)C[C@H](C)N1C. The van der Waals surface area contributed by atoms with Crippen molar-refractivity contribution in [2.75, 3.05) is 25.0 Å².